The van der Waals surface area contributed by atoms with Gasteiger partial charge in [0.2, 0.25) is 0 Å². The molecule has 4 nitrogen and oxygen atoms in total. The molecule has 0 spiro atoms. The molecule has 0 amide bonds. The molecule has 0 aliphatic carbocycles. The van der Waals surface area contributed by atoms with Crippen LogP contribution in [0.1, 0.15) is 19.7 Å². The van der Waals surface area contributed by atoms with E-state index < -0.39 is 0 Å². The summed E-state index contributed by atoms with van der Waals surface area (Å²) in [4.78, 5) is 10.1. The molecule has 1 heterocycles. The first-order chi connectivity index (χ1) is 6.83. The molecular formula is C10H19N3O. The van der Waals surface area contributed by atoms with Crippen LogP contribution in [0.25, 0.3) is 0 Å². The number of rotatable bonds is 4. The van der Waals surface area contributed by atoms with Gasteiger partial charge in [0.25, 0.3) is 0 Å². The second-order valence-electron chi connectivity index (χ2n) is 2.63. The normalized spacial score (nSPS) is 9.50. The lowest BCUT2D eigenvalue weighted by Crippen LogP contribution is -2.22. The van der Waals surface area contributed by atoms with Crippen molar-refractivity contribution < 1.29 is 5.11 Å². The van der Waals surface area contributed by atoms with Gasteiger partial charge in [0, 0.05) is 18.9 Å². The van der Waals surface area contributed by atoms with Crippen LogP contribution in [-0.4, -0.2) is 40.2 Å². The van der Waals surface area contributed by atoms with E-state index in [-0.39, 0.29) is 6.61 Å². The summed E-state index contributed by atoms with van der Waals surface area (Å²) in [5.41, 5.74) is 0. The molecule has 1 aromatic rings. The first-order valence-electron chi connectivity index (χ1n) is 4.88. The van der Waals surface area contributed by atoms with Gasteiger partial charge in [-0.15, -0.1) is 0 Å². The fraction of sp³-hybridized carbons (Fsp3) is 0.600. The lowest BCUT2D eigenvalue weighted by molar-refractivity contribution is 0.214. The van der Waals surface area contributed by atoms with E-state index in [0.717, 1.165) is 5.82 Å². The van der Waals surface area contributed by atoms with Crippen LogP contribution in [0.5, 0.6) is 0 Å². The van der Waals surface area contributed by atoms with Crippen molar-refractivity contribution in [3.05, 3.63) is 24.3 Å². The van der Waals surface area contributed by atoms with Crippen LogP contribution in [0, 0.1) is 0 Å². The molecule has 0 aliphatic rings. The lowest BCUT2D eigenvalue weighted by Gasteiger charge is -2.12. The lowest BCUT2D eigenvalue weighted by atomic mass is 10.5. The molecule has 0 radical (unpaired) electrons. The smallest absolute Gasteiger partial charge is 0.142 e. The zero-order valence-electron chi connectivity index (χ0n) is 9.14. The quantitative estimate of drug-likeness (QED) is 0.780. The Kier molecular flexibility index (Phi) is 7.98. The summed E-state index contributed by atoms with van der Waals surface area (Å²) in [6.45, 7) is 5.50. The Bertz CT molecular complexity index is 216. The molecule has 80 valence electrons. The first-order valence-corrected chi connectivity index (χ1v) is 4.88. The predicted molar refractivity (Wildman–Crippen MR) is 56.8 cm³/mol. The van der Waals surface area contributed by atoms with Crippen molar-refractivity contribution in [3.8, 4) is 0 Å². The molecule has 0 atom stereocenters. The summed E-state index contributed by atoms with van der Waals surface area (Å²) < 4.78 is 0. The van der Waals surface area contributed by atoms with E-state index >= 15 is 0 Å². The Morgan fingerprint density at radius 1 is 1.29 bits per heavy atom. The van der Waals surface area contributed by atoms with Crippen LogP contribution in [-0.2, 0) is 6.54 Å². The standard InChI is InChI=1S/C8H13N3O.C2H6/c1-11(5-6-12)7-8-9-3-2-4-10-8;1-2/h2-4,12H,5-7H2,1H3;1-2H3. The Balaban J connectivity index is 0.000000791. The third-order valence-corrected chi connectivity index (χ3v) is 1.51. The van der Waals surface area contributed by atoms with Crippen molar-refractivity contribution in [2.24, 2.45) is 0 Å². The maximum atomic E-state index is 8.63. The van der Waals surface area contributed by atoms with Gasteiger partial charge in [0.05, 0.1) is 13.2 Å². The van der Waals surface area contributed by atoms with E-state index in [1.165, 1.54) is 0 Å². The minimum atomic E-state index is 0.170. The summed E-state index contributed by atoms with van der Waals surface area (Å²) in [6.07, 6.45) is 3.43. The molecule has 1 N–H and O–H groups in total. The molecular weight excluding hydrogens is 178 g/mol. The van der Waals surface area contributed by atoms with Crippen molar-refractivity contribution in [3.63, 3.8) is 0 Å². The number of hydrogen-bond acceptors (Lipinski definition) is 4. The molecule has 1 rings (SSSR count). The number of likely N-dealkylation sites (N-methyl/N-ethyl adjacent to an activating group) is 1. The number of aromatic nitrogens is 2. The number of aliphatic hydroxyl groups is 1. The van der Waals surface area contributed by atoms with Gasteiger partial charge in [-0.25, -0.2) is 9.97 Å². The topological polar surface area (TPSA) is 49.2 Å². The van der Waals surface area contributed by atoms with Gasteiger partial charge < -0.3 is 5.11 Å². The second kappa shape index (κ2) is 8.59. The zero-order valence-corrected chi connectivity index (χ0v) is 9.14. The van der Waals surface area contributed by atoms with Crippen LogP contribution in [0.4, 0.5) is 0 Å². The fourth-order valence-electron chi connectivity index (χ4n) is 0.903. The maximum absolute atomic E-state index is 8.63. The molecule has 0 aliphatic heterocycles. The zero-order chi connectivity index (χ0) is 10.8. The maximum Gasteiger partial charge on any atom is 0.142 e. The van der Waals surface area contributed by atoms with Crippen LogP contribution in [0.2, 0.25) is 0 Å². The molecule has 0 bridgehead atoms. The Labute approximate surface area is 85.6 Å². The number of nitrogens with zero attached hydrogens (tertiary/aromatic N) is 3. The summed E-state index contributed by atoms with van der Waals surface area (Å²) >= 11 is 0. The molecule has 0 aromatic carbocycles. The first kappa shape index (κ1) is 13.0. The third-order valence-electron chi connectivity index (χ3n) is 1.51. The Hall–Kier alpha value is -1.00. The Morgan fingerprint density at radius 2 is 1.86 bits per heavy atom. The van der Waals surface area contributed by atoms with Crippen molar-refractivity contribution >= 4 is 0 Å². The third kappa shape index (κ3) is 5.61. The van der Waals surface area contributed by atoms with Gasteiger partial charge in [-0.05, 0) is 13.1 Å². The van der Waals surface area contributed by atoms with Crippen molar-refractivity contribution in [2.45, 2.75) is 20.4 Å². The molecule has 0 saturated heterocycles. The van der Waals surface area contributed by atoms with Gasteiger partial charge >= 0.3 is 0 Å². The van der Waals surface area contributed by atoms with Crippen LogP contribution < -0.4 is 0 Å². The number of hydrogen-bond donors (Lipinski definition) is 1. The Morgan fingerprint density at radius 3 is 2.36 bits per heavy atom. The van der Waals surface area contributed by atoms with E-state index in [9.17, 15) is 0 Å². The van der Waals surface area contributed by atoms with E-state index in [2.05, 4.69) is 9.97 Å². The summed E-state index contributed by atoms with van der Waals surface area (Å²) in [6, 6.07) is 1.79. The van der Waals surface area contributed by atoms with Crippen molar-refractivity contribution in [2.75, 3.05) is 20.2 Å². The van der Waals surface area contributed by atoms with E-state index in [1.54, 1.807) is 18.5 Å². The van der Waals surface area contributed by atoms with Gasteiger partial charge in [-0.3, -0.25) is 4.90 Å². The van der Waals surface area contributed by atoms with Gasteiger partial charge in [-0.2, -0.15) is 0 Å². The summed E-state index contributed by atoms with van der Waals surface area (Å²) in [7, 11) is 1.92. The fourth-order valence-corrected chi connectivity index (χ4v) is 0.903. The highest BCUT2D eigenvalue weighted by Crippen LogP contribution is 1.92. The highest BCUT2D eigenvalue weighted by molar-refractivity contribution is 4.87. The van der Waals surface area contributed by atoms with E-state index in [0.29, 0.717) is 13.1 Å². The summed E-state index contributed by atoms with van der Waals surface area (Å²) in [5, 5.41) is 8.63. The SMILES string of the molecule is CC.CN(CCO)Cc1ncccn1. The van der Waals surface area contributed by atoms with E-state index in [4.69, 9.17) is 5.11 Å². The van der Waals surface area contributed by atoms with Gasteiger partial charge in [0.1, 0.15) is 5.82 Å². The predicted octanol–water partition coefficient (Wildman–Crippen LogP) is 0.927. The number of aliphatic hydroxyl groups excluding tert-OH is 1. The van der Waals surface area contributed by atoms with Crippen LogP contribution >= 0.6 is 0 Å². The van der Waals surface area contributed by atoms with Crippen molar-refractivity contribution in [1.82, 2.24) is 14.9 Å². The monoisotopic (exact) mass is 197 g/mol. The largest absolute Gasteiger partial charge is 0.395 e. The van der Waals surface area contributed by atoms with Crippen molar-refractivity contribution in [1.29, 1.82) is 0 Å². The minimum absolute atomic E-state index is 0.170. The van der Waals surface area contributed by atoms with E-state index in [1.807, 2.05) is 25.8 Å². The highest BCUT2D eigenvalue weighted by Gasteiger charge is 1.99. The average molecular weight is 197 g/mol. The van der Waals surface area contributed by atoms with Gasteiger partial charge in [-0.1, -0.05) is 13.8 Å². The second-order valence-corrected chi connectivity index (χ2v) is 2.63. The molecule has 0 fully saturated rings. The highest BCUT2D eigenvalue weighted by atomic mass is 16.3. The molecule has 4 heteroatoms. The molecule has 14 heavy (non-hydrogen) atoms. The average Bonchev–Trinajstić information content (AvgIpc) is 2.22. The molecule has 0 unspecified atom stereocenters. The van der Waals surface area contributed by atoms with Crippen LogP contribution in [0.3, 0.4) is 0 Å². The molecule has 1 aromatic heterocycles. The summed E-state index contributed by atoms with van der Waals surface area (Å²) in [5.74, 6) is 0.786. The minimum Gasteiger partial charge on any atom is -0.395 e. The van der Waals surface area contributed by atoms with Gasteiger partial charge in [0.15, 0.2) is 0 Å². The van der Waals surface area contributed by atoms with Crippen LogP contribution in [0.15, 0.2) is 18.5 Å². The molecule has 0 saturated carbocycles.